The molecule has 0 fully saturated rings. The second kappa shape index (κ2) is 5.38. The molecule has 5 nitrogen and oxygen atoms in total. The van der Waals surface area contributed by atoms with Crippen LogP contribution in [0.5, 0.6) is 0 Å². The molecule has 0 aliphatic rings. The molecule has 1 amide bonds. The smallest absolute Gasteiger partial charge is 0.257 e. The van der Waals surface area contributed by atoms with Crippen molar-refractivity contribution in [1.82, 2.24) is 4.98 Å². The molecule has 0 unspecified atom stereocenters. The summed E-state index contributed by atoms with van der Waals surface area (Å²) in [6, 6.07) is 8.36. The van der Waals surface area contributed by atoms with Crippen LogP contribution in [0.3, 0.4) is 0 Å². The van der Waals surface area contributed by atoms with Crippen molar-refractivity contribution in [3.63, 3.8) is 0 Å². The quantitative estimate of drug-likeness (QED) is 0.877. The van der Waals surface area contributed by atoms with E-state index >= 15 is 0 Å². The van der Waals surface area contributed by atoms with Gasteiger partial charge in [-0.05, 0) is 24.3 Å². The Kier molecular flexibility index (Phi) is 3.80. The number of para-hydroxylation sites is 1. The maximum absolute atomic E-state index is 12.7. The van der Waals surface area contributed by atoms with E-state index in [1.807, 2.05) is 0 Å². The first-order valence-electron chi connectivity index (χ1n) is 5.60. The Hall–Kier alpha value is -2.28. The van der Waals surface area contributed by atoms with Crippen LogP contribution in [0, 0.1) is 5.95 Å². The fraction of sp³-hybridized carbons (Fsp3) is 0.0769. The van der Waals surface area contributed by atoms with Gasteiger partial charge in [0.15, 0.2) is 9.84 Å². The highest BCUT2D eigenvalue weighted by molar-refractivity contribution is 7.90. The van der Waals surface area contributed by atoms with Crippen molar-refractivity contribution in [1.29, 1.82) is 0 Å². The normalized spacial score (nSPS) is 11.1. The van der Waals surface area contributed by atoms with E-state index in [9.17, 15) is 17.6 Å². The third-order valence-corrected chi connectivity index (χ3v) is 3.68. The molecule has 0 spiro atoms. The lowest BCUT2D eigenvalue weighted by Crippen LogP contribution is -2.14. The number of hydrogen-bond acceptors (Lipinski definition) is 4. The Morgan fingerprint density at radius 3 is 2.50 bits per heavy atom. The first-order chi connectivity index (χ1) is 9.38. The summed E-state index contributed by atoms with van der Waals surface area (Å²) in [5.74, 6) is -1.26. The summed E-state index contributed by atoms with van der Waals surface area (Å²) in [6.07, 6.45) is 2.13. The lowest BCUT2D eigenvalue weighted by Gasteiger charge is -2.09. The highest BCUT2D eigenvalue weighted by Gasteiger charge is 2.15. The summed E-state index contributed by atoms with van der Waals surface area (Å²) in [5.41, 5.74) is 0.305. The van der Waals surface area contributed by atoms with E-state index in [4.69, 9.17) is 0 Å². The molecular formula is C13H11FN2O3S. The van der Waals surface area contributed by atoms with Crippen molar-refractivity contribution in [2.45, 2.75) is 4.90 Å². The van der Waals surface area contributed by atoms with Crippen LogP contribution in [0.25, 0.3) is 0 Å². The summed E-state index contributed by atoms with van der Waals surface area (Å²) in [7, 11) is -3.46. The minimum Gasteiger partial charge on any atom is -0.321 e. The monoisotopic (exact) mass is 294 g/mol. The van der Waals surface area contributed by atoms with Gasteiger partial charge in [0.1, 0.15) is 0 Å². The molecule has 0 saturated carbocycles. The fourth-order valence-corrected chi connectivity index (χ4v) is 2.44. The molecular weight excluding hydrogens is 283 g/mol. The number of halogens is 1. The molecule has 20 heavy (non-hydrogen) atoms. The van der Waals surface area contributed by atoms with Crippen molar-refractivity contribution in [2.75, 3.05) is 11.6 Å². The van der Waals surface area contributed by atoms with E-state index in [1.54, 1.807) is 12.1 Å². The number of nitrogens with zero attached hydrogens (tertiary/aromatic N) is 1. The summed E-state index contributed by atoms with van der Waals surface area (Å²) in [5, 5.41) is 2.47. The predicted octanol–water partition coefficient (Wildman–Crippen LogP) is 1.88. The number of amides is 1. The lowest BCUT2D eigenvalue weighted by molar-refractivity contribution is 0.102. The minimum atomic E-state index is -3.46. The molecule has 2 rings (SSSR count). The second-order valence-corrected chi connectivity index (χ2v) is 6.08. The van der Waals surface area contributed by atoms with Crippen molar-refractivity contribution in [3.05, 3.63) is 54.1 Å². The van der Waals surface area contributed by atoms with Crippen LogP contribution in [0.1, 0.15) is 10.4 Å². The number of nitrogens with one attached hydrogen (secondary N) is 1. The zero-order valence-electron chi connectivity index (χ0n) is 10.5. The number of benzene rings is 1. The van der Waals surface area contributed by atoms with Gasteiger partial charge in [0, 0.05) is 12.5 Å². The maximum Gasteiger partial charge on any atom is 0.257 e. The molecule has 1 N–H and O–H groups in total. The largest absolute Gasteiger partial charge is 0.321 e. The van der Waals surface area contributed by atoms with Crippen LogP contribution in [0.4, 0.5) is 10.1 Å². The van der Waals surface area contributed by atoms with Crippen molar-refractivity contribution in [2.24, 2.45) is 0 Å². The van der Waals surface area contributed by atoms with Gasteiger partial charge in [-0.3, -0.25) is 4.79 Å². The number of pyridine rings is 1. The topological polar surface area (TPSA) is 76.1 Å². The van der Waals surface area contributed by atoms with Crippen LogP contribution in [0.2, 0.25) is 0 Å². The number of rotatable bonds is 3. The van der Waals surface area contributed by atoms with Crippen LogP contribution < -0.4 is 5.32 Å². The Balaban J connectivity index is 2.31. The SMILES string of the molecule is CS(=O)(=O)c1ccccc1NC(=O)c1ccc(F)nc1. The number of carbonyl (C=O) groups is 1. The second-order valence-electron chi connectivity index (χ2n) is 4.09. The summed E-state index contributed by atoms with van der Waals surface area (Å²) >= 11 is 0. The zero-order valence-corrected chi connectivity index (χ0v) is 11.3. The number of sulfone groups is 1. The highest BCUT2D eigenvalue weighted by Crippen LogP contribution is 2.21. The minimum absolute atomic E-state index is 0.0171. The summed E-state index contributed by atoms with van der Waals surface area (Å²) in [6.45, 7) is 0. The van der Waals surface area contributed by atoms with E-state index in [0.717, 1.165) is 18.5 Å². The molecule has 1 heterocycles. The Labute approximate surface area is 115 Å². The first-order valence-corrected chi connectivity index (χ1v) is 7.49. The lowest BCUT2D eigenvalue weighted by atomic mass is 10.2. The molecule has 2 aromatic rings. The molecule has 0 saturated heterocycles. The van der Waals surface area contributed by atoms with E-state index in [2.05, 4.69) is 10.3 Å². The van der Waals surface area contributed by atoms with E-state index in [0.29, 0.717) is 0 Å². The average molecular weight is 294 g/mol. The average Bonchev–Trinajstić information content (AvgIpc) is 2.38. The molecule has 0 aliphatic carbocycles. The molecule has 0 atom stereocenters. The van der Waals surface area contributed by atoms with Gasteiger partial charge < -0.3 is 5.32 Å². The summed E-state index contributed by atoms with van der Waals surface area (Å²) in [4.78, 5) is 15.3. The van der Waals surface area contributed by atoms with Crippen LogP contribution in [0.15, 0.2) is 47.5 Å². The van der Waals surface area contributed by atoms with E-state index < -0.39 is 21.7 Å². The standard InChI is InChI=1S/C13H11FN2O3S/c1-20(18,19)11-5-3-2-4-10(11)16-13(17)9-6-7-12(14)15-8-9/h2-8H,1H3,(H,16,17). The molecule has 0 bridgehead atoms. The van der Waals surface area contributed by atoms with E-state index in [1.165, 1.54) is 18.2 Å². The van der Waals surface area contributed by atoms with Gasteiger partial charge in [-0.1, -0.05) is 12.1 Å². The molecule has 1 aromatic carbocycles. The van der Waals surface area contributed by atoms with Gasteiger partial charge in [-0.2, -0.15) is 4.39 Å². The summed E-state index contributed by atoms with van der Waals surface area (Å²) < 4.78 is 35.9. The Bertz CT molecular complexity index is 742. The third kappa shape index (κ3) is 3.18. The van der Waals surface area contributed by atoms with Gasteiger partial charge in [0.05, 0.1) is 16.1 Å². The fourth-order valence-electron chi connectivity index (χ4n) is 1.60. The van der Waals surface area contributed by atoms with Crippen LogP contribution in [-0.4, -0.2) is 25.6 Å². The third-order valence-electron chi connectivity index (χ3n) is 2.52. The maximum atomic E-state index is 12.7. The molecule has 1 aromatic heterocycles. The van der Waals surface area contributed by atoms with Crippen molar-refractivity contribution < 1.29 is 17.6 Å². The van der Waals surface area contributed by atoms with Gasteiger partial charge in [0.25, 0.3) is 5.91 Å². The van der Waals surface area contributed by atoms with Crippen LogP contribution in [-0.2, 0) is 9.84 Å². The highest BCUT2D eigenvalue weighted by atomic mass is 32.2. The Morgan fingerprint density at radius 1 is 1.20 bits per heavy atom. The van der Waals surface area contributed by atoms with E-state index in [-0.39, 0.29) is 16.1 Å². The predicted molar refractivity (Wildman–Crippen MR) is 71.7 cm³/mol. The van der Waals surface area contributed by atoms with Crippen molar-refractivity contribution in [3.8, 4) is 0 Å². The molecule has 7 heteroatoms. The molecule has 0 radical (unpaired) electrons. The van der Waals surface area contributed by atoms with Gasteiger partial charge in [-0.15, -0.1) is 0 Å². The van der Waals surface area contributed by atoms with Crippen LogP contribution >= 0.6 is 0 Å². The van der Waals surface area contributed by atoms with Gasteiger partial charge in [-0.25, -0.2) is 13.4 Å². The van der Waals surface area contributed by atoms with Gasteiger partial charge >= 0.3 is 0 Å². The number of carbonyl (C=O) groups excluding carboxylic acids is 1. The number of aromatic nitrogens is 1. The zero-order chi connectivity index (χ0) is 14.8. The van der Waals surface area contributed by atoms with Gasteiger partial charge in [0.2, 0.25) is 5.95 Å². The molecule has 0 aliphatic heterocycles. The number of hydrogen-bond donors (Lipinski definition) is 1. The first kappa shape index (κ1) is 14.1. The molecule has 104 valence electrons. The number of anilines is 1. The Morgan fingerprint density at radius 2 is 1.90 bits per heavy atom. The van der Waals surface area contributed by atoms with Crippen molar-refractivity contribution >= 4 is 21.4 Å².